The number of carboxylic acid groups (broad SMARTS) is 1. The van der Waals surface area contributed by atoms with Gasteiger partial charge in [0.25, 0.3) is 0 Å². The zero-order valence-electron chi connectivity index (χ0n) is 33.9. The zero-order chi connectivity index (χ0) is 39.3. The Bertz CT molecular complexity index is 1140. The maximum absolute atomic E-state index is 12.6. The lowest BCUT2D eigenvalue weighted by Gasteiger charge is -2.34. The lowest BCUT2D eigenvalue weighted by atomic mass is 10.1. The summed E-state index contributed by atoms with van der Waals surface area (Å²) in [6.07, 6.45) is 44.8. The summed E-state index contributed by atoms with van der Waals surface area (Å²) in [6, 6.07) is -0.741. The highest BCUT2D eigenvalue weighted by Crippen LogP contribution is 2.11. The fraction of sp³-hybridized carbons (Fsp3) is 0.622. The number of carboxylic acids is 1. The topological polar surface area (TPSA) is 102 Å². The Balaban J connectivity index is 4.51. The minimum absolute atomic E-state index is 0.00739. The molecule has 8 heteroatoms. The largest absolute Gasteiger partial charge is 0.544 e. The number of ether oxygens (including phenoxy) is 3. The molecular weight excluding hydrogens is 666 g/mol. The van der Waals surface area contributed by atoms with E-state index in [1.807, 2.05) is 12.2 Å². The molecule has 53 heavy (non-hydrogen) atoms. The molecule has 0 aromatic carbocycles. The van der Waals surface area contributed by atoms with Gasteiger partial charge in [0.2, 0.25) is 0 Å². The number of hydrogen-bond acceptors (Lipinski definition) is 7. The van der Waals surface area contributed by atoms with Crippen LogP contribution in [0.1, 0.15) is 129 Å². The van der Waals surface area contributed by atoms with E-state index in [4.69, 9.17) is 14.2 Å². The van der Waals surface area contributed by atoms with E-state index >= 15 is 0 Å². The van der Waals surface area contributed by atoms with Crippen LogP contribution in [-0.4, -0.2) is 75.5 Å². The number of nitrogens with zero attached hydrogens (tertiary/aromatic N) is 1. The number of likely N-dealkylation sites (N-methyl/N-ethyl adjacent to an activating group) is 1. The Labute approximate surface area is 323 Å². The number of unbranched alkanes of at least 4 members (excludes halogenated alkanes) is 6. The van der Waals surface area contributed by atoms with Gasteiger partial charge in [-0.2, -0.15) is 0 Å². The first-order valence-electron chi connectivity index (χ1n) is 20.1. The number of rotatable bonds is 34. The van der Waals surface area contributed by atoms with Crippen molar-refractivity contribution in [2.45, 2.75) is 142 Å². The molecule has 0 rings (SSSR count). The van der Waals surface area contributed by atoms with Gasteiger partial charge in [-0.1, -0.05) is 125 Å². The standard InChI is InChI=1S/C45H73NO7/c1-6-8-10-12-14-16-18-19-20-21-22-23-24-25-26-28-29-31-33-35-43(47)52-40-41(39-51-38-37-42(45(49)50)46(3,4)5)53-44(48)36-34-32-30-27-17-15-13-11-9-7-2/h8,10,13-16,19-20,22-23,25-26,29,31,41-42H,6-7,9,11-12,17-18,21,24,27-28,30,32-40H2,1-5H3/b10-8+,15-13+,16-14+,20-19+,23-22+,26-25+,31-29+. The van der Waals surface area contributed by atoms with Gasteiger partial charge < -0.3 is 28.6 Å². The number of quaternary nitrogens is 1. The molecule has 0 saturated heterocycles. The van der Waals surface area contributed by atoms with Crippen LogP contribution in [0.2, 0.25) is 0 Å². The molecule has 0 saturated carbocycles. The third kappa shape index (κ3) is 34.1. The van der Waals surface area contributed by atoms with Gasteiger partial charge in [0.15, 0.2) is 6.10 Å². The van der Waals surface area contributed by atoms with Gasteiger partial charge in [0.05, 0.1) is 40.3 Å². The van der Waals surface area contributed by atoms with Crippen molar-refractivity contribution in [2.24, 2.45) is 0 Å². The van der Waals surface area contributed by atoms with Crippen LogP contribution in [-0.2, 0) is 28.6 Å². The van der Waals surface area contributed by atoms with Crippen molar-refractivity contribution in [1.82, 2.24) is 0 Å². The molecule has 0 amide bonds. The smallest absolute Gasteiger partial charge is 0.306 e. The van der Waals surface area contributed by atoms with Crippen LogP contribution in [0.15, 0.2) is 85.1 Å². The average Bonchev–Trinajstić information content (AvgIpc) is 3.11. The molecule has 0 aromatic rings. The Kier molecular flexibility index (Phi) is 33.2. The molecule has 0 aromatic heterocycles. The molecule has 2 unspecified atom stereocenters. The third-order valence-electron chi connectivity index (χ3n) is 8.28. The van der Waals surface area contributed by atoms with Crippen LogP contribution in [0.25, 0.3) is 0 Å². The van der Waals surface area contributed by atoms with Crippen LogP contribution in [0.3, 0.4) is 0 Å². The highest BCUT2D eigenvalue weighted by atomic mass is 16.6. The summed E-state index contributed by atoms with van der Waals surface area (Å²) in [5.41, 5.74) is 0. The van der Waals surface area contributed by atoms with Gasteiger partial charge in [-0.15, -0.1) is 0 Å². The normalized spacial score (nSPS) is 13.9. The van der Waals surface area contributed by atoms with E-state index in [-0.39, 0.29) is 55.5 Å². The zero-order valence-corrected chi connectivity index (χ0v) is 33.9. The van der Waals surface area contributed by atoms with Gasteiger partial charge in [0, 0.05) is 19.3 Å². The number of esters is 2. The van der Waals surface area contributed by atoms with Crippen LogP contribution in [0, 0.1) is 0 Å². The lowest BCUT2D eigenvalue weighted by Crippen LogP contribution is -2.55. The molecule has 300 valence electrons. The number of carbonyl (C=O) groups is 3. The van der Waals surface area contributed by atoms with Crippen molar-refractivity contribution in [1.29, 1.82) is 0 Å². The Hall–Kier alpha value is -3.49. The highest BCUT2D eigenvalue weighted by Gasteiger charge is 2.25. The summed E-state index contributed by atoms with van der Waals surface area (Å²) < 4.78 is 17.0. The monoisotopic (exact) mass is 740 g/mol. The first-order chi connectivity index (χ1) is 25.6. The summed E-state index contributed by atoms with van der Waals surface area (Å²) in [5, 5.41) is 11.6. The first kappa shape index (κ1) is 49.5. The number of aliphatic carboxylic acids is 1. The van der Waals surface area contributed by atoms with E-state index in [1.54, 1.807) is 21.1 Å². The van der Waals surface area contributed by atoms with Gasteiger partial charge in [-0.25, -0.2) is 0 Å². The Morgan fingerprint density at radius 3 is 1.62 bits per heavy atom. The van der Waals surface area contributed by atoms with E-state index in [9.17, 15) is 19.5 Å². The van der Waals surface area contributed by atoms with Gasteiger partial charge in [-0.3, -0.25) is 9.59 Å². The summed E-state index contributed by atoms with van der Waals surface area (Å²) in [7, 11) is 5.36. The summed E-state index contributed by atoms with van der Waals surface area (Å²) in [5.74, 6) is -1.88. The van der Waals surface area contributed by atoms with Crippen molar-refractivity contribution in [3.63, 3.8) is 0 Å². The molecule has 0 heterocycles. The second kappa shape index (κ2) is 35.5. The van der Waals surface area contributed by atoms with Crippen LogP contribution < -0.4 is 5.11 Å². The molecule has 0 aliphatic rings. The van der Waals surface area contributed by atoms with Crippen molar-refractivity contribution in [3.8, 4) is 0 Å². The predicted octanol–water partition coefficient (Wildman–Crippen LogP) is 9.24. The van der Waals surface area contributed by atoms with Crippen molar-refractivity contribution >= 4 is 17.9 Å². The molecule has 0 aliphatic carbocycles. The molecule has 2 atom stereocenters. The molecule has 8 nitrogen and oxygen atoms in total. The van der Waals surface area contributed by atoms with Gasteiger partial charge >= 0.3 is 11.9 Å². The second-order valence-corrected chi connectivity index (χ2v) is 14.1. The van der Waals surface area contributed by atoms with Crippen LogP contribution in [0.5, 0.6) is 0 Å². The molecule has 0 bridgehead atoms. The fourth-order valence-electron chi connectivity index (χ4n) is 5.13. The maximum atomic E-state index is 12.6. The van der Waals surface area contributed by atoms with E-state index in [0.717, 1.165) is 77.0 Å². The molecular formula is C45H73NO7. The Morgan fingerprint density at radius 1 is 0.585 bits per heavy atom. The number of carbonyl (C=O) groups excluding carboxylic acids is 3. The molecule has 0 spiro atoms. The quantitative estimate of drug-likeness (QED) is 0.0281. The summed E-state index contributed by atoms with van der Waals surface area (Å²) in [4.78, 5) is 36.6. The lowest BCUT2D eigenvalue weighted by molar-refractivity contribution is -0.889. The van der Waals surface area contributed by atoms with Gasteiger partial charge in [-0.05, 0) is 70.6 Å². The second-order valence-electron chi connectivity index (χ2n) is 14.1. The Morgan fingerprint density at radius 2 is 1.09 bits per heavy atom. The van der Waals surface area contributed by atoms with E-state index in [0.29, 0.717) is 6.42 Å². The minimum Gasteiger partial charge on any atom is -0.544 e. The SMILES string of the molecule is CC/C=C/C/C=C/C/C=C/C/C=C/C/C=C/C/C=C/CCC(=O)OCC(COCCC(C(=O)[O-])[N+](C)(C)C)OC(=O)CCCCCC/C=C/CCCC. The number of hydrogen-bond donors (Lipinski definition) is 0. The average molecular weight is 740 g/mol. The van der Waals surface area contributed by atoms with Crippen molar-refractivity contribution < 1.29 is 38.2 Å². The first-order valence-corrected chi connectivity index (χ1v) is 20.1. The summed E-state index contributed by atoms with van der Waals surface area (Å²) in [6.45, 7) is 4.37. The number of allylic oxidation sites excluding steroid dienone is 14. The molecule has 0 fully saturated rings. The summed E-state index contributed by atoms with van der Waals surface area (Å²) >= 11 is 0. The highest BCUT2D eigenvalue weighted by molar-refractivity contribution is 5.70. The molecule has 0 N–H and O–H groups in total. The van der Waals surface area contributed by atoms with Crippen LogP contribution in [0.4, 0.5) is 0 Å². The fourth-order valence-corrected chi connectivity index (χ4v) is 5.13. The molecule has 0 aliphatic heterocycles. The van der Waals surface area contributed by atoms with Crippen molar-refractivity contribution in [3.05, 3.63) is 85.1 Å². The maximum Gasteiger partial charge on any atom is 0.306 e. The predicted molar refractivity (Wildman–Crippen MR) is 217 cm³/mol. The third-order valence-corrected chi connectivity index (χ3v) is 8.28. The molecule has 0 radical (unpaired) electrons. The van der Waals surface area contributed by atoms with E-state index < -0.39 is 18.1 Å². The van der Waals surface area contributed by atoms with Crippen LogP contribution >= 0.6 is 0 Å². The van der Waals surface area contributed by atoms with E-state index in [2.05, 4.69) is 86.8 Å². The van der Waals surface area contributed by atoms with Crippen molar-refractivity contribution in [2.75, 3.05) is 41.0 Å². The van der Waals surface area contributed by atoms with Gasteiger partial charge in [0.1, 0.15) is 12.6 Å². The minimum atomic E-state index is -1.14. The van der Waals surface area contributed by atoms with E-state index in [1.165, 1.54) is 12.8 Å².